The molecule has 0 saturated carbocycles. The predicted octanol–water partition coefficient (Wildman–Crippen LogP) is 3.93. The minimum Gasteiger partial charge on any atom is -0.493 e. The molecule has 0 saturated heterocycles. The first-order valence-electron chi connectivity index (χ1n) is 7.54. The van der Waals surface area contributed by atoms with E-state index in [4.69, 9.17) is 4.74 Å². The minimum atomic E-state index is -0.196. The van der Waals surface area contributed by atoms with E-state index in [0.29, 0.717) is 12.2 Å². The summed E-state index contributed by atoms with van der Waals surface area (Å²) in [5, 5.41) is 3.27. The molecule has 1 heterocycles. The van der Waals surface area contributed by atoms with Crippen molar-refractivity contribution in [1.82, 2.24) is 5.32 Å². The molecule has 0 amide bonds. The van der Waals surface area contributed by atoms with Crippen LogP contribution in [0.25, 0.3) is 11.1 Å². The largest absolute Gasteiger partial charge is 0.493 e. The van der Waals surface area contributed by atoms with Crippen LogP contribution in [0.15, 0.2) is 36.4 Å². The fourth-order valence-electron chi connectivity index (χ4n) is 2.76. The molecule has 2 aromatic rings. The van der Waals surface area contributed by atoms with Crippen LogP contribution in [-0.2, 0) is 13.0 Å². The van der Waals surface area contributed by atoms with Crippen LogP contribution in [0, 0.1) is 5.82 Å². The van der Waals surface area contributed by atoms with E-state index in [1.54, 1.807) is 6.07 Å². The van der Waals surface area contributed by atoms with Gasteiger partial charge in [-0.25, -0.2) is 4.39 Å². The zero-order chi connectivity index (χ0) is 14.7. The lowest BCUT2D eigenvalue weighted by molar-refractivity contribution is 0.289. The van der Waals surface area contributed by atoms with Gasteiger partial charge in [-0.3, -0.25) is 0 Å². The molecule has 1 aliphatic heterocycles. The maximum absolute atomic E-state index is 14.3. The normalized spacial score (nSPS) is 13.6. The van der Waals surface area contributed by atoms with Crippen LogP contribution in [0.4, 0.5) is 4.39 Å². The molecule has 3 heteroatoms. The molecule has 0 spiro atoms. The van der Waals surface area contributed by atoms with E-state index in [-0.39, 0.29) is 5.82 Å². The first kappa shape index (κ1) is 14.1. The average molecular weight is 285 g/mol. The maximum atomic E-state index is 14.3. The molecule has 0 atom stereocenters. The van der Waals surface area contributed by atoms with Crippen LogP contribution in [0.5, 0.6) is 5.75 Å². The van der Waals surface area contributed by atoms with Gasteiger partial charge in [0.25, 0.3) is 0 Å². The van der Waals surface area contributed by atoms with E-state index in [0.717, 1.165) is 42.8 Å². The Morgan fingerprint density at radius 1 is 1.19 bits per heavy atom. The highest BCUT2D eigenvalue weighted by Gasteiger charge is 2.17. The average Bonchev–Trinajstić information content (AvgIpc) is 2.54. The maximum Gasteiger partial charge on any atom is 0.131 e. The second kappa shape index (κ2) is 6.27. The molecule has 1 N–H and O–H groups in total. The third-order valence-electron chi connectivity index (χ3n) is 3.83. The second-order valence-corrected chi connectivity index (χ2v) is 5.34. The Kier molecular flexibility index (Phi) is 4.20. The Bertz CT molecular complexity index is 639. The first-order valence-corrected chi connectivity index (χ1v) is 7.54. The van der Waals surface area contributed by atoms with Gasteiger partial charge in [0, 0.05) is 17.7 Å². The number of benzene rings is 2. The van der Waals surface area contributed by atoms with Gasteiger partial charge < -0.3 is 10.1 Å². The zero-order valence-electron chi connectivity index (χ0n) is 12.3. The van der Waals surface area contributed by atoms with Gasteiger partial charge >= 0.3 is 0 Å². The SMILES string of the molecule is CCNCc1ccc(F)c(-c2cccc3c2OCCC3)c1. The van der Waals surface area contributed by atoms with Crippen molar-refractivity contribution < 1.29 is 9.13 Å². The van der Waals surface area contributed by atoms with Crippen LogP contribution in [0.1, 0.15) is 24.5 Å². The summed E-state index contributed by atoms with van der Waals surface area (Å²) < 4.78 is 20.1. The second-order valence-electron chi connectivity index (χ2n) is 5.34. The molecule has 0 radical (unpaired) electrons. The lowest BCUT2D eigenvalue weighted by Crippen LogP contribution is -2.12. The Balaban J connectivity index is 2.03. The molecule has 2 aromatic carbocycles. The minimum absolute atomic E-state index is 0.196. The van der Waals surface area contributed by atoms with Crippen LogP contribution in [-0.4, -0.2) is 13.2 Å². The summed E-state index contributed by atoms with van der Waals surface area (Å²) in [4.78, 5) is 0. The molecular weight excluding hydrogens is 265 g/mol. The number of fused-ring (bicyclic) bond motifs is 1. The fourth-order valence-corrected chi connectivity index (χ4v) is 2.76. The Labute approximate surface area is 125 Å². The number of hydrogen-bond acceptors (Lipinski definition) is 2. The molecule has 0 aliphatic carbocycles. The number of aryl methyl sites for hydroxylation is 1. The van der Waals surface area contributed by atoms with E-state index in [1.807, 2.05) is 24.3 Å². The zero-order valence-corrected chi connectivity index (χ0v) is 12.3. The van der Waals surface area contributed by atoms with Crippen molar-refractivity contribution in [3.63, 3.8) is 0 Å². The number of para-hydroxylation sites is 1. The van der Waals surface area contributed by atoms with Gasteiger partial charge in [-0.2, -0.15) is 0 Å². The van der Waals surface area contributed by atoms with Crippen molar-refractivity contribution in [3.05, 3.63) is 53.3 Å². The molecular formula is C18H20FNO. The number of nitrogens with one attached hydrogen (secondary N) is 1. The summed E-state index contributed by atoms with van der Waals surface area (Å²) in [6, 6.07) is 11.3. The molecule has 2 nitrogen and oxygen atoms in total. The lowest BCUT2D eigenvalue weighted by Gasteiger charge is -2.21. The van der Waals surface area contributed by atoms with Crippen LogP contribution < -0.4 is 10.1 Å². The van der Waals surface area contributed by atoms with E-state index in [9.17, 15) is 4.39 Å². The summed E-state index contributed by atoms with van der Waals surface area (Å²) >= 11 is 0. The van der Waals surface area contributed by atoms with E-state index >= 15 is 0 Å². The van der Waals surface area contributed by atoms with E-state index in [2.05, 4.69) is 18.3 Å². The van der Waals surface area contributed by atoms with Gasteiger partial charge in [-0.15, -0.1) is 0 Å². The van der Waals surface area contributed by atoms with Crippen molar-refractivity contribution in [2.24, 2.45) is 0 Å². The summed E-state index contributed by atoms with van der Waals surface area (Å²) in [5.41, 5.74) is 3.75. The van der Waals surface area contributed by atoms with Crippen LogP contribution >= 0.6 is 0 Å². The first-order chi connectivity index (χ1) is 10.3. The van der Waals surface area contributed by atoms with Gasteiger partial charge in [-0.1, -0.05) is 31.2 Å². The fraction of sp³-hybridized carbons (Fsp3) is 0.333. The number of rotatable bonds is 4. The summed E-state index contributed by atoms with van der Waals surface area (Å²) in [6.07, 6.45) is 2.03. The molecule has 0 fully saturated rings. The van der Waals surface area contributed by atoms with Crippen molar-refractivity contribution in [1.29, 1.82) is 0 Å². The summed E-state index contributed by atoms with van der Waals surface area (Å²) in [5.74, 6) is 0.654. The highest BCUT2D eigenvalue weighted by molar-refractivity contribution is 5.73. The Hall–Kier alpha value is -1.87. The number of ether oxygens (including phenoxy) is 1. The third kappa shape index (κ3) is 2.93. The summed E-state index contributed by atoms with van der Waals surface area (Å²) in [7, 11) is 0. The van der Waals surface area contributed by atoms with Gasteiger partial charge in [0.15, 0.2) is 0 Å². The van der Waals surface area contributed by atoms with Gasteiger partial charge in [-0.05, 0) is 42.6 Å². The molecule has 3 rings (SSSR count). The Morgan fingerprint density at radius 2 is 2.10 bits per heavy atom. The van der Waals surface area contributed by atoms with Crippen molar-refractivity contribution >= 4 is 0 Å². The van der Waals surface area contributed by atoms with E-state index < -0.39 is 0 Å². The third-order valence-corrected chi connectivity index (χ3v) is 3.83. The number of hydrogen-bond donors (Lipinski definition) is 1. The van der Waals surface area contributed by atoms with Crippen molar-refractivity contribution in [3.8, 4) is 16.9 Å². The number of halogens is 1. The monoisotopic (exact) mass is 285 g/mol. The molecule has 21 heavy (non-hydrogen) atoms. The van der Waals surface area contributed by atoms with Gasteiger partial charge in [0.2, 0.25) is 0 Å². The topological polar surface area (TPSA) is 21.3 Å². The molecule has 110 valence electrons. The quantitative estimate of drug-likeness (QED) is 0.919. The summed E-state index contributed by atoms with van der Waals surface area (Å²) in [6.45, 7) is 4.42. The molecule has 1 aliphatic rings. The van der Waals surface area contributed by atoms with Gasteiger partial charge in [0.05, 0.1) is 6.61 Å². The van der Waals surface area contributed by atoms with Crippen molar-refractivity contribution in [2.45, 2.75) is 26.3 Å². The molecule has 0 unspecified atom stereocenters. The molecule has 0 aromatic heterocycles. The van der Waals surface area contributed by atoms with Gasteiger partial charge in [0.1, 0.15) is 11.6 Å². The van der Waals surface area contributed by atoms with E-state index in [1.165, 1.54) is 5.56 Å². The molecule has 0 bridgehead atoms. The highest BCUT2D eigenvalue weighted by atomic mass is 19.1. The van der Waals surface area contributed by atoms with Crippen LogP contribution in [0.3, 0.4) is 0 Å². The highest BCUT2D eigenvalue weighted by Crippen LogP contribution is 2.37. The smallest absolute Gasteiger partial charge is 0.131 e. The lowest BCUT2D eigenvalue weighted by atomic mass is 9.96. The Morgan fingerprint density at radius 3 is 2.95 bits per heavy atom. The van der Waals surface area contributed by atoms with Crippen molar-refractivity contribution in [2.75, 3.05) is 13.2 Å². The van der Waals surface area contributed by atoms with Crippen LogP contribution in [0.2, 0.25) is 0 Å². The standard InChI is InChI=1S/C18H20FNO/c1-2-20-12-13-8-9-17(19)16(11-13)15-7-3-5-14-6-4-10-21-18(14)15/h3,5,7-9,11,20H,2,4,6,10,12H2,1H3. The predicted molar refractivity (Wildman–Crippen MR) is 83.0 cm³/mol.